The van der Waals surface area contributed by atoms with Gasteiger partial charge in [0.2, 0.25) is 5.28 Å². The predicted octanol–water partition coefficient (Wildman–Crippen LogP) is 3.59. The number of halogens is 3. The number of hydrogen-bond acceptors (Lipinski definition) is 2. The van der Waals surface area contributed by atoms with Crippen molar-refractivity contribution in [2.45, 2.75) is 0 Å². The molecule has 1 heterocycles. The molecule has 1 aromatic carbocycles. The first-order chi connectivity index (χ1) is 6.16. The second-order valence-corrected chi connectivity index (χ2v) is 3.62. The van der Waals surface area contributed by atoms with E-state index in [2.05, 4.69) is 9.97 Å². The second kappa shape index (κ2) is 3.29. The van der Waals surface area contributed by atoms with Gasteiger partial charge in [0.15, 0.2) is 0 Å². The number of hydrogen-bond donors (Lipinski definition) is 0. The molecular weight excluding hydrogens is 230 g/mol. The van der Waals surface area contributed by atoms with Gasteiger partial charge in [-0.15, -0.1) is 0 Å². The van der Waals surface area contributed by atoms with Gasteiger partial charge in [0.1, 0.15) is 0 Å². The van der Waals surface area contributed by atoms with Crippen molar-refractivity contribution in [3.05, 3.63) is 33.7 Å². The standard InChI is InChI=1S/C8H3Cl3N2/c9-5-1-4-3-12-8(11)13-7(4)2-6(5)10/h1-3H. The monoisotopic (exact) mass is 232 g/mol. The minimum atomic E-state index is 0.200. The van der Waals surface area contributed by atoms with Crippen molar-refractivity contribution in [2.75, 3.05) is 0 Å². The molecule has 2 aromatic rings. The summed E-state index contributed by atoms with van der Waals surface area (Å²) in [5.74, 6) is 0. The second-order valence-electron chi connectivity index (χ2n) is 2.46. The predicted molar refractivity (Wildman–Crippen MR) is 54.6 cm³/mol. The van der Waals surface area contributed by atoms with Crippen molar-refractivity contribution in [2.24, 2.45) is 0 Å². The maximum atomic E-state index is 5.81. The first-order valence-corrected chi connectivity index (χ1v) is 4.57. The fourth-order valence-corrected chi connectivity index (χ4v) is 1.47. The van der Waals surface area contributed by atoms with Crippen molar-refractivity contribution in [3.63, 3.8) is 0 Å². The van der Waals surface area contributed by atoms with E-state index in [1.165, 1.54) is 0 Å². The smallest absolute Gasteiger partial charge is 0.222 e. The SMILES string of the molecule is Clc1ncc2cc(Cl)c(Cl)cc2n1. The number of aromatic nitrogens is 2. The Labute approximate surface area is 89.5 Å². The van der Waals surface area contributed by atoms with Crippen LogP contribution in [0.25, 0.3) is 10.9 Å². The summed E-state index contributed by atoms with van der Waals surface area (Å²) in [7, 11) is 0. The highest BCUT2D eigenvalue weighted by Gasteiger charge is 2.02. The van der Waals surface area contributed by atoms with Gasteiger partial charge < -0.3 is 0 Å². The summed E-state index contributed by atoms with van der Waals surface area (Å²) in [6, 6.07) is 3.36. The molecule has 0 aliphatic heterocycles. The molecule has 66 valence electrons. The van der Waals surface area contributed by atoms with E-state index < -0.39 is 0 Å². The topological polar surface area (TPSA) is 25.8 Å². The lowest BCUT2D eigenvalue weighted by Crippen LogP contribution is -1.84. The van der Waals surface area contributed by atoms with Crippen LogP contribution < -0.4 is 0 Å². The van der Waals surface area contributed by atoms with Crippen LogP contribution in [0.2, 0.25) is 15.3 Å². The van der Waals surface area contributed by atoms with Crippen molar-refractivity contribution < 1.29 is 0 Å². The van der Waals surface area contributed by atoms with Gasteiger partial charge >= 0.3 is 0 Å². The van der Waals surface area contributed by atoms with Crippen molar-refractivity contribution in [1.82, 2.24) is 9.97 Å². The minimum absolute atomic E-state index is 0.200. The molecule has 0 saturated carbocycles. The molecule has 0 fully saturated rings. The number of rotatable bonds is 0. The number of fused-ring (bicyclic) bond motifs is 1. The van der Waals surface area contributed by atoms with Gasteiger partial charge in [-0.3, -0.25) is 0 Å². The van der Waals surface area contributed by atoms with E-state index in [4.69, 9.17) is 34.8 Å². The van der Waals surface area contributed by atoms with Crippen molar-refractivity contribution >= 4 is 45.7 Å². The van der Waals surface area contributed by atoms with Gasteiger partial charge in [-0.25, -0.2) is 9.97 Å². The summed E-state index contributed by atoms with van der Waals surface area (Å²) in [6.45, 7) is 0. The molecule has 0 unspecified atom stereocenters. The molecule has 13 heavy (non-hydrogen) atoms. The van der Waals surface area contributed by atoms with E-state index in [0.717, 1.165) is 5.39 Å². The van der Waals surface area contributed by atoms with Gasteiger partial charge in [-0.05, 0) is 23.7 Å². The summed E-state index contributed by atoms with van der Waals surface area (Å²) >= 11 is 17.2. The maximum absolute atomic E-state index is 5.81. The zero-order valence-electron chi connectivity index (χ0n) is 6.26. The van der Waals surface area contributed by atoms with E-state index in [0.29, 0.717) is 15.6 Å². The number of benzene rings is 1. The van der Waals surface area contributed by atoms with Gasteiger partial charge in [0.05, 0.1) is 15.6 Å². The lowest BCUT2D eigenvalue weighted by atomic mass is 10.2. The lowest BCUT2D eigenvalue weighted by molar-refractivity contribution is 1.22. The highest BCUT2D eigenvalue weighted by atomic mass is 35.5. The molecule has 0 aliphatic carbocycles. The Kier molecular flexibility index (Phi) is 2.28. The zero-order valence-corrected chi connectivity index (χ0v) is 8.53. The van der Waals surface area contributed by atoms with Gasteiger partial charge in [0, 0.05) is 11.6 Å². The quantitative estimate of drug-likeness (QED) is 0.650. The fourth-order valence-electron chi connectivity index (χ4n) is 1.00. The van der Waals surface area contributed by atoms with E-state index in [1.807, 2.05) is 0 Å². The first-order valence-electron chi connectivity index (χ1n) is 3.44. The van der Waals surface area contributed by atoms with Crippen LogP contribution in [0, 0.1) is 0 Å². The normalized spacial score (nSPS) is 10.7. The summed E-state index contributed by atoms with van der Waals surface area (Å²) < 4.78 is 0. The Hall–Kier alpha value is -0.570. The molecular formula is C8H3Cl3N2. The number of nitrogens with zero attached hydrogens (tertiary/aromatic N) is 2. The van der Waals surface area contributed by atoms with Gasteiger partial charge in [-0.2, -0.15) is 0 Å². The fraction of sp³-hybridized carbons (Fsp3) is 0. The molecule has 0 atom stereocenters. The van der Waals surface area contributed by atoms with E-state index in [9.17, 15) is 0 Å². The van der Waals surface area contributed by atoms with Crippen LogP contribution in [0.1, 0.15) is 0 Å². The first kappa shape index (κ1) is 9.00. The van der Waals surface area contributed by atoms with Crippen LogP contribution in [0.5, 0.6) is 0 Å². The molecule has 0 aliphatic rings. The van der Waals surface area contributed by atoms with E-state index in [1.54, 1.807) is 18.3 Å². The van der Waals surface area contributed by atoms with Crippen LogP contribution in [0.3, 0.4) is 0 Å². The Bertz CT molecular complexity index is 470. The average Bonchev–Trinajstić information content (AvgIpc) is 2.08. The summed E-state index contributed by atoms with van der Waals surface area (Å²) in [5.41, 5.74) is 0.689. The Morgan fingerprint density at radius 3 is 2.46 bits per heavy atom. The zero-order chi connectivity index (χ0) is 9.42. The van der Waals surface area contributed by atoms with Crippen LogP contribution in [0.4, 0.5) is 0 Å². The third kappa shape index (κ3) is 1.70. The summed E-state index contributed by atoms with van der Waals surface area (Å²) in [5, 5.41) is 1.97. The van der Waals surface area contributed by atoms with E-state index >= 15 is 0 Å². The Balaban J connectivity index is 2.81. The molecule has 0 saturated heterocycles. The third-order valence-corrected chi connectivity index (χ3v) is 2.50. The minimum Gasteiger partial charge on any atom is -0.226 e. The highest BCUT2D eigenvalue weighted by molar-refractivity contribution is 6.42. The van der Waals surface area contributed by atoms with Crippen LogP contribution >= 0.6 is 34.8 Å². The molecule has 0 N–H and O–H groups in total. The molecule has 0 amide bonds. The van der Waals surface area contributed by atoms with Crippen LogP contribution in [0.15, 0.2) is 18.3 Å². The molecule has 0 bridgehead atoms. The Morgan fingerprint density at radius 1 is 1.00 bits per heavy atom. The van der Waals surface area contributed by atoms with Gasteiger partial charge in [0.25, 0.3) is 0 Å². The molecule has 2 nitrogen and oxygen atoms in total. The molecule has 0 spiro atoms. The van der Waals surface area contributed by atoms with Crippen LogP contribution in [-0.4, -0.2) is 9.97 Å². The van der Waals surface area contributed by atoms with Gasteiger partial charge in [-0.1, -0.05) is 23.2 Å². The highest BCUT2D eigenvalue weighted by Crippen LogP contribution is 2.26. The summed E-state index contributed by atoms with van der Waals surface area (Å²) in [4.78, 5) is 7.82. The van der Waals surface area contributed by atoms with Crippen LogP contribution in [-0.2, 0) is 0 Å². The van der Waals surface area contributed by atoms with E-state index in [-0.39, 0.29) is 5.28 Å². The molecule has 1 aromatic heterocycles. The Morgan fingerprint density at radius 2 is 1.69 bits per heavy atom. The van der Waals surface area contributed by atoms with Crippen molar-refractivity contribution in [3.8, 4) is 0 Å². The maximum Gasteiger partial charge on any atom is 0.222 e. The largest absolute Gasteiger partial charge is 0.226 e. The molecule has 0 radical (unpaired) electrons. The third-order valence-electron chi connectivity index (χ3n) is 1.59. The lowest BCUT2D eigenvalue weighted by Gasteiger charge is -1.99. The summed E-state index contributed by atoms with van der Waals surface area (Å²) in [6.07, 6.45) is 1.60. The van der Waals surface area contributed by atoms with Crippen molar-refractivity contribution in [1.29, 1.82) is 0 Å². The molecule has 5 heteroatoms. The molecule has 2 rings (SSSR count). The average molecular weight is 233 g/mol.